The molecule has 4 heteroatoms. The number of nitrogen functional groups attached to an aromatic ring is 1. The predicted octanol–water partition coefficient (Wildman–Crippen LogP) is 2.74. The molecular weight excluding hydrogens is 250 g/mol. The molecule has 1 aliphatic rings. The topological polar surface area (TPSA) is 68.0 Å². The summed E-state index contributed by atoms with van der Waals surface area (Å²) >= 11 is 0. The molecule has 2 atom stereocenters. The van der Waals surface area contributed by atoms with E-state index in [1.165, 1.54) is 6.42 Å². The Kier molecular flexibility index (Phi) is 3.30. The van der Waals surface area contributed by atoms with Crippen LogP contribution in [-0.2, 0) is 0 Å². The summed E-state index contributed by atoms with van der Waals surface area (Å²) in [7, 11) is 0. The number of carbonyl (C=O) groups excluding carboxylic acids is 1. The van der Waals surface area contributed by atoms with Gasteiger partial charge in [0, 0.05) is 17.6 Å². The summed E-state index contributed by atoms with van der Waals surface area (Å²) in [5.74, 6) is 1.11. The Morgan fingerprint density at radius 2 is 2.05 bits per heavy atom. The SMILES string of the molecule is CC1CCC(NC(=O)c2cnc(N)c3ccccc23)C1. The van der Waals surface area contributed by atoms with Crippen molar-refractivity contribution in [1.82, 2.24) is 10.3 Å². The Bertz CT molecular complexity index is 653. The van der Waals surface area contributed by atoms with Gasteiger partial charge in [-0.1, -0.05) is 31.2 Å². The van der Waals surface area contributed by atoms with Gasteiger partial charge in [-0.2, -0.15) is 0 Å². The largest absolute Gasteiger partial charge is 0.383 e. The van der Waals surface area contributed by atoms with Gasteiger partial charge in [-0.3, -0.25) is 4.79 Å². The molecular formula is C16H19N3O. The summed E-state index contributed by atoms with van der Waals surface area (Å²) in [6.45, 7) is 2.23. The predicted molar refractivity (Wildman–Crippen MR) is 80.4 cm³/mol. The van der Waals surface area contributed by atoms with Crippen molar-refractivity contribution in [2.75, 3.05) is 5.73 Å². The molecule has 3 N–H and O–H groups in total. The second kappa shape index (κ2) is 5.12. The molecule has 20 heavy (non-hydrogen) atoms. The lowest BCUT2D eigenvalue weighted by atomic mass is 10.1. The third-order valence-electron chi connectivity index (χ3n) is 4.10. The summed E-state index contributed by atoms with van der Waals surface area (Å²) in [5.41, 5.74) is 6.47. The van der Waals surface area contributed by atoms with Crippen molar-refractivity contribution in [3.05, 3.63) is 36.0 Å². The fraction of sp³-hybridized carbons (Fsp3) is 0.375. The van der Waals surface area contributed by atoms with E-state index < -0.39 is 0 Å². The van der Waals surface area contributed by atoms with Crippen LogP contribution in [0.15, 0.2) is 30.5 Å². The number of nitrogens with two attached hydrogens (primary N) is 1. The van der Waals surface area contributed by atoms with Crippen LogP contribution in [0, 0.1) is 5.92 Å². The third-order valence-corrected chi connectivity index (χ3v) is 4.10. The number of anilines is 1. The molecule has 1 saturated carbocycles. The summed E-state index contributed by atoms with van der Waals surface area (Å²) in [6.07, 6.45) is 4.89. The van der Waals surface area contributed by atoms with Gasteiger partial charge in [0.2, 0.25) is 0 Å². The number of pyridine rings is 1. The van der Waals surface area contributed by atoms with E-state index in [9.17, 15) is 4.79 Å². The smallest absolute Gasteiger partial charge is 0.253 e. The number of aromatic nitrogens is 1. The quantitative estimate of drug-likeness (QED) is 0.880. The summed E-state index contributed by atoms with van der Waals surface area (Å²) in [6, 6.07) is 7.91. The van der Waals surface area contributed by atoms with Crippen LogP contribution in [0.1, 0.15) is 36.5 Å². The number of benzene rings is 1. The van der Waals surface area contributed by atoms with E-state index in [0.717, 1.165) is 23.6 Å². The van der Waals surface area contributed by atoms with Crippen molar-refractivity contribution in [2.24, 2.45) is 5.92 Å². The van der Waals surface area contributed by atoms with E-state index >= 15 is 0 Å². The van der Waals surface area contributed by atoms with Gasteiger partial charge in [-0.25, -0.2) is 4.98 Å². The summed E-state index contributed by atoms with van der Waals surface area (Å²) in [4.78, 5) is 16.6. The molecule has 1 fully saturated rings. The first kappa shape index (κ1) is 12.9. The lowest BCUT2D eigenvalue weighted by Crippen LogP contribution is -2.33. The minimum absolute atomic E-state index is 0.0483. The van der Waals surface area contributed by atoms with E-state index in [-0.39, 0.29) is 11.9 Å². The van der Waals surface area contributed by atoms with Gasteiger partial charge in [-0.05, 0) is 30.6 Å². The van der Waals surface area contributed by atoms with Gasteiger partial charge in [0.1, 0.15) is 5.82 Å². The van der Waals surface area contributed by atoms with Gasteiger partial charge in [-0.15, -0.1) is 0 Å². The van der Waals surface area contributed by atoms with Gasteiger partial charge in [0.15, 0.2) is 0 Å². The van der Waals surface area contributed by atoms with Crippen LogP contribution in [0.4, 0.5) is 5.82 Å². The Morgan fingerprint density at radius 1 is 1.30 bits per heavy atom. The van der Waals surface area contributed by atoms with Crippen molar-refractivity contribution < 1.29 is 4.79 Å². The number of nitrogens with zero attached hydrogens (tertiary/aromatic N) is 1. The first-order valence-electron chi connectivity index (χ1n) is 7.09. The van der Waals surface area contributed by atoms with E-state index in [2.05, 4.69) is 17.2 Å². The van der Waals surface area contributed by atoms with E-state index in [1.807, 2.05) is 24.3 Å². The Balaban J connectivity index is 1.90. The zero-order chi connectivity index (χ0) is 14.1. The van der Waals surface area contributed by atoms with Gasteiger partial charge in [0.05, 0.1) is 5.56 Å². The molecule has 0 spiro atoms. The highest BCUT2D eigenvalue weighted by molar-refractivity contribution is 6.09. The number of fused-ring (bicyclic) bond motifs is 1. The van der Waals surface area contributed by atoms with Gasteiger partial charge < -0.3 is 11.1 Å². The Morgan fingerprint density at radius 3 is 2.75 bits per heavy atom. The first-order chi connectivity index (χ1) is 9.65. The summed E-state index contributed by atoms with van der Waals surface area (Å²) < 4.78 is 0. The molecule has 2 unspecified atom stereocenters. The van der Waals surface area contributed by atoms with Crippen molar-refractivity contribution >= 4 is 22.5 Å². The molecule has 0 radical (unpaired) electrons. The van der Waals surface area contributed by atoms with E-state index in [4.69, 9.17) is 5.73 Å². The van der Waals surface area contributed by atoms with Crippen molar-refractivity contribution in [1.29, 1.82) is 0 Å². The fourth-order valence-electron chi connectivity index (χ4n) is 3.00. The summed E-state index contributed by atoms with van der Waals surface area (Å²) in [5, 5.41) is 4.82. The molecule has 0 saturated heterocycles. The van der Waals surface area contributed by atoms with Gasteiger partial charge >= 0.3 is 0 Å². The molecule has 4 nitrogen and oxygen atoms in total. The second-order valence-electron chi connectivity index (χ2n) is 5.69. The normalized spacial score (nSPS) is 22.1. The van der Waals surface area contributed by atoms with Crippen molar-refractivity contribution in [3.63, 3.8) is 0 Å². The highest BCUT2D eigenvalue weighted by atomic mass is 16.1. The van der Waals surface area contributed by atoms with Crippen LogP contribution in [0.3, 0.4) is 0 Å². The van der Waals surface area contributed by atoms with Crippen LogP contribution < -0.4 is 11.1 Å². The maximum absolute atomic E-state index is 12.4. The molecule has 1 aromatic carbocycles. The molecule has 0 aliphatic heterocycles. The maximum atomic E-state index is 12.4. The number of hydrogen-bond donors (Lipinski definition) is 2. The Labute approximate surface area is 118 Å². The number of carbonyl (C=O) groups is 1. The molecule has 0 bridgehead atoms. The number of amides is 1. The lowest BCUT2D eigenvalue weighted by Gasteiger charge is -2.14. The van der Waals surface area contributed by atoms with Crippen LogP contribution in [-0.4, -0.2) is 16.9 Å². The average Bonchev–Trinajstić information content (AvgIpc) is 2.84. The first-order valence-corrected chi connectivity index (χ1v) is 7.09. The minimum atomic E-state index is -0.0483. The molecule has 1 aromatic heterocycles. The number of hydrogen-bond acceptors (Lipinski definition) is 3. The second-order valence-corrected chi connectivity index (χ2v) is 5.69. The lowest BCUT2D eigenvalue weighted by molar-refractivity contribution is 0.0938. The Hall–Kier alpha value is -2.10. The van der Waals surface area contributed by atoms with Crippen LogP contribution in [0.2, 0.25) is 0 Å². The zero-order valence-electron chi connectivity index (χ0n) is 11.6. The van der Waals surface area contributed by atoms with Crippen molar-refractivity contribution in [3.8, 4) is 0 Å². The highest BCUT2D eigenvalue weighted by Gasteiger charge is 2.24. The molecule has 1 heterocycles. The van der Waals surface area contributed by atoms with E-state index in [0.29, 0.717) is 17.3 Å². The molecule has 3 rings (SSSR count). The highest BCUT2D eigenvalue weighted by Crippen LogP contribution is 2.26. The molecule has 104 valence electrons. The van der Waals surface area contributed by atoms with E-state index in [1.54, 1.807) is 6.20 Å². The van der Waals surface area contributed by atoms with Crippen molar-refractivity contribution in [2.45, 2.75) is 32.2 Å². The zero-order valence-corrected chi connectivity index (χ0v) is 11.6. The van der Waals surface area contributed by atoms with Crippen LogP contribution in [0.25, 0.3) is 10.8 Å². The van der Waals surface area contributed by atoms with Crippen LogP contribution >= 0.6 is 0 Å². The third kappa shape index (κ3) is 2.33. The minimum Gasteiger partial charge on any atom is -0.383 e. The molecule has 2 aromatic rings. The fourth-order valence-corrected chi connectivity index (χ4v) is 3.00. The average molecular weight is 269 g/mol. The molecule has 1 aliphatic carbocycles. The van der Waals surface area contributed by atoms with Crippen LogP contribution in [0.5, 0.6) is 0 Å². The number of rotatable bonds is 2. The number of nitrogens with one attached hydrogen (secondary N) is 1. The van der Waals surface area contributed by atoms with Gasteiger partial charge in [0.25, 0.3) is 5.91 Å². The maximum Gasteiger partial charge on any atom is 0.253 e. The standard InChI is InChI=1S/C16H19N3O/c1-10-6-7-11(8-10)19-16(20)14-9-18-15(17)13-5-3-2-4-12(13)14/h2-5,9-11H,6-8H2,1H3,(H2,17,18)(H,19,20). The molecule has 1 amide bonds. The monoisotopic (exact) mass is 269 g/mol.